The molecule has 0 saturated heterocycles. The Morgan fingerprint density at radius 2 is 2.16 bits per heavy atom. The third-order valence-corrected chi connectivity index (χ3v) is 3.22. The van der Waals surface area contributed by atoms with Crippen molar-refractivity contribution in [2.24, 2.45) is 0 Å². The molecule has 0 aliphatic rings. The lowest BCUT2D eigenvalue weighted by Gasteiger charge is -2.12. The summed E-state index contributed by atoms with van der Waals surface area (Å²) in [4.78, 5) is 4.14. The quantitative estimate of drug-likeness (QED) is 0.900. The van der Waals surface area contributed by atoms with Gasteiger partial charge in [0.2, 0.25) is 5.89 Å². The maximum absolute atomic E-state index is 9.84. The van der Waals surface area contributed by atoms with Crippen LogP contribution in [-0.2, 0) is 6.54 Å². The number of oxazole rings is 1. The molecule has 1 atom stereocenters. The first-order valence-corrected chi connectivity index (χ1v) is 6.55. The molecule has 2 aromatic rings. The first-order chi connectivity index (χ1) is 8.97. The van der Waals surface area contributed by atoms with Gasteiger partial charge < -0.3 is 14.8 Å². The highest BCUT2D eigenvalue weighted by Crippen LogP contribution is 2.31. The first kappa shape index (κ1) is 14.2. The van der Waals surface area contributed by atoms with Crippen LogP contribution in [0.15, 0.2) is 22.7 Å². The van der Waals surface area contributed by atoms with Crippen molar-refractivity contribution in [2.75, 3.05) is 0 Å². The van der Waals surface area contributed by atoms with E-state index in [1.165, 1.54) is 6.07 Å². The zero-order chi connectivity index (χ0) is 14.0. The molecule has 0 bridgehead atoms. The molecule has 0 radical (unpaired) electrons. The van der Waals surface area contributed by atoms with E-state index in [4.69, 9.17) is 27.6 Å². The second kappa shape index (κ2) is 5.82. The Kier molecular flexibility index (Phi) is 4.34. The fraction of sp³-hybridized carbons (Fsp3) is 0.308. The Morgan fingerprint density at radius 3 is 2.79 bits per heavy atom. The first-order valence-electron chi connectivity index (χ1n) is 5.80. The van der Waals surface area contributed by atoms with Crippen molar-refractivity contribution in [2.45, 2.75) is 26.4 Å². The molecule has 0 saturated carbocycles. The highest BCUT2D eigenvalue weighted by molar-refractivity contribution is 6.35. The molecule has 2 rings (SSSR count). The van der Waals surface area contributed by atoms with Gasteiger partial charge in [0.15, 0.2) is 0 Å². The van der Waals surface area contributed by atoms with Gasteiger partial charge >= 0.3 is 0 Å². The van der Waals surface area contributed by atoms with E-state index in [0.29, 0.717) is 23.0 Å². The lowest BCUT2D eigenvalue weighted by molar-refractivity contribution is 0.398. The van der Waals surface area contributed by atoms with Gasteiger partial charge in [-0.3, -0.25) is 0 Å². The Morgan fingerprint density at radius 1 is 1.42 bits per heavy atom. The zero-order valence-electron chi connectivity index (χ0n) is 10.6. The van der Waals surface area contributed by atoms with E-state index in [1.54, 1.807) is 12.3 Å². The molecule has 0 fully saturated rings. The highest BCUT2D eigenvalue weighted by Gasteiger charge is 2.13. The van der Waals surface area contributed by atoms with E-state index < -0.39 is 0 Å². The summed E-state index contributed by atoms with van der Waals surface area (Å²) in [5.74, 6) is 1.40. The smallest absolute Gasteiger partial charge is 0.211 e. The van der Waals surface area contributed by atoms with E-state index in [1.807, 2.05) is 13.8 Å². The average molecular weight is 301 g/mol. The van der Waals surface area contributed by atoms with Gasteiger partial charge in [-0.25, -0.2) is 4.98 Å². The number of nitrogens with one attached hydrogen (secondary N) is 1. The van der Waals surface area contributed by atoms with Gasteiger partial charge in [-0.05, 0) is 26.0 Å². The minimum absolute atomic E-state index is 0.0364. The molecule has 0 aliphatic heterocycles. The fourth-order valence-corrected chi connectivity index (χ4v) is 2.21. The number of nitrogens with zero attached hydrogens (tertiary/aromatic N) is 1. The largest absolute Gasteiger partial charge is 0.506 e. The van der Waals surface area contributed by atoms with E-state index in [9.17, 15) is 5.11 Å². The molecule has 1 unspecified atom stereocenters. The number of aryl methyl sites for hydroxylation is 1. The third kappa shape index (κ3) is 3.41. The topological polar surface area (TPSA) is 58.3 Å². The van der Waals surface area contributed by atoms with Crippen LogP contribution in [0.1, 0.15) is 30.2 Å². The molecule has 0 spiro atoms. The number of phenols is 1. The molecule has 2 N–H and O–H groups in total. The highest BCUT2D eigenvalue weighted by atomic mass is 35.5. The number of phenolic OH excluding ortho intramolecular Hbond substituents is 1. The van der Waals surface area contributed by atoms with E-state index in [0.717, 1.165) is 5.76 Å². The number of hydrogen-bond acceptors (Lipinski definition) is 4. The molecule has 1 heterocycles. The van der Waals surface area contributed by atoms with Crippen molar-refractivity contribution in [1.29, 1.82) is 0 Å². The van der Waals surface area contributed by atoms with Crippen LogP contribution in [0.5, 0.6) is 5.75 Å². The van der Waals surface area contributed by atoms with Crippen molar-refractivity contribution in [3.63, 3.8) is 0 Å². The Labute approximate surface area is 121 Å². The zero-order valence-corrected chi connectivity index (χ0v) is 12.1. The van der Waals surface area contributed by atoms with E-state index >= 15 is 0 Å². The van der Waals surface area contributed by atoms with Crippen molar-refractivity contribution in [1.82, 2.24) is 10.3 Å². The monoisotopic (exact) mass is 300 g/mol. The molecule has 19 heavy (non-hydrogen) atoms. The Hall–Kier alpha value is -1.23. The molecule has 4 nitrogen and oxygen atoms in total. The normalized spacial score (nSPS) is 12.6. The number of halogens is 2. The minimum atomic E-state index is -0.0779. The maximum atomic E-state index is 9.84. The lowest BCUT2D eigenvalue weighted by Crippen LogP contribution is -2.18. The van der Waals surface area contributed by atoms with Crippen LogP contribution in [0.3, 0.4) is 0 Å². The SMILES string of the molecule is Cc1cnc(C(C)NCc2cc(Cl)cc(Cl)c2O)o1. The second-order valence-electron chi connectivity index (χ2n) is 4.31. The number of hydrogen-bond donors (Lipinski definition) is 2. The van der Waals surface area contributed by atoms with Crippen molar-refractivity contribution >= 4 is 23.2 Å². The summed E-state index contributed by atoms with van der Waals surface area (Å²) in [5.41, 5.74) is 0.632. The van der Waals surface area contributed by atoms with Gasteiger partial charge in [0, 0.05) is 17.1 Å². The molecular weight excluding hydrogens is 287 g/mol. The molecule has 1 aromatic carbocycles. The summed E-state index contributed by atoms with van der Waals surface area (Å²) < 4.78 is 5.42. The minimum Gasteiger partial charge on any atom is -0.506 e. The van der Waals surface area contributed by atoms with Crippen molar-refractivity contribution in [3.05, 3.63) is 45.6 Å². The molecule has 0 aliphatic carbocycles. The van der Waals surface area contributed by atoms with Crippen LogP contribution < -0.4 is 5.32 Å². The predicted molar refractivity (Wildman–Crippen MR) is 74.6 cm³/mol. The van der Waals surface area contributed by atoms with Gasteiger partial charge in [0.25, 0.3) is 0 Å². The number of aromatic hydroxyl groups is 1. The average Bonchev–Trinajstić information content (AvgIpc) is 2.78. The van der Waals surface area contributed by atoms with Gasteiger partial charge in [0.05, 0.1) is 17.3 Å². The number of aromatic nitrogens is 1. The summed E-state index contributed by atoms with van der Waals surface area (Å²) in [6, 6.07) is 3.09. The van der Waals surface area contributed by atoms with Crippen LogP contribution in [0, 0.1) is 6.92 Å². The molecule has 0 amide bonds. The summed E-state index contributed by atoms with van der Waals surface area (Å²) in [7, 11) is 0. The Bertz CT molecular complexity index is 584. The maximum Gasteiger partial charge on any atom is 0.211 e. The van der Waals surface area contributed by atoms with Crippen LogP contribution in [0.2, 0.25) is 10.0 Å². The van der Waals surface area contributed by atoms with Gasteiger partial charge in [-0.15, -0.1) is 0 Å². The second-order valence-corrected chi connectivity index (χ2v) is 5.15. The molecular formula is C13H14Cl2N2O2. The fourth-order valence-electron chi connectivity index (χ4n) is 1.68. The van der Waals surface area contributed by atoms with Crippen LogP contribution in [0.4, 0.5) is 0 Å². The number of rotatable bonds is 4. The van der Waals surface area contributed by atoms with Crippen LogP contribution in [0.25, 0.3) is 0 Å². The summed E-state index contributed by atoms with van der Waals surface area (Å²) in [6.07, 6.45) is 1.67. The van der Waals surface area contributed by atoms with Crippen molar-refractivity contribution < 1.29 is 9.52 Å². The lowest BCUT2D eigenvalue weighted by atomic mass is 10.2. The van der Waals surface area contributed by atoms with Gasteiger partial charge in [-0.2, -0.15) is 0 Å². The van der Waals surface area contributed by atoms with Crippen LogP contribution >= 0.6 is 23.2 Å². The van der Waals surface area contributed by atoms with Gasteiger partial charge in [0.1, 0.15) is 11.5 Å². The summed E-state index contributed by atoms with van der Waals surface area (Å²) >= 11 is 11.8. The van der Waals surface area contributed by atoms with Crippen LogP contribution in [-0.4, -0.2) is 10.1 Å². The van der Waals surface area contributed by atoms with E-state index in [-0.39, 0.29) is 16.8 Å². The molecule has 6 heteroatoms. The predicted octanol–water partition coefficient (Wildman–Crippen LogP) is 3.85. The standard InChI is InChI=1S/C13H14Cl2N2O2/c1-7-5-17-13(19-7)8(2)16-6-9-3-10(14)4-11(15)12(9)18/h3-5,8,16,18H,6H2,1-2H3. The Balaban J connectivity index is 2.06. The number of benzene rings is 1. The van der Waals surface area contributed by atoms with Gasteiger partial charge in [-0.1, -0.05) is 23.2 Å². The molecule has 102 valence electrons. The summed E-state index contributed by atoms with van der Waals surface area (Å²) in [6.45, 7) is 4.18. The third-order valence-electron chi connectivity index (χ3n) is 2.72. The van der Waals surface area contributed by atoms with Crippen molar-refractivity contribution in [3.8, 4) is 5.75 Å². The molecule has 1 aromatic heterocycles. The summed E-state index contributed by atoms with van der Waals surface area (Å²) in [5, 5.41) is 13.8. The van der Waals surface area contributed by atoms with E-state index in [2.05, 4.69) is 10.3 Å².